The molecule has 1 atom stereocenters. The van der Waals surface area contributed by atoms with Crippen LogP contribution in [-0.2, 0) is 13.6 Å². The lowest BCUT2D eigenvalue weighted by atomic mass is 10.1. The van der Waals surface area contributed by atoms with E-state index in [1.54, 1.807) is 0 Å². The molecule has 0 bridgehead atoms. The number of hydrogen-bond acceptors (Lipinski definition) is 3. The summed E-state index contributed by atoms with van der Waals surface area (Å²) in [4.78, 5) is 4.28. The molecule has 0 spiro atoms. The molecule has 1 unspecified atom stereocenters. The number of rotatable bonds is 3. The highest BCUT2D eigenvalue weighted by Gasteiger charge is 2.12. The molecule has 4 nitrogen and oxygen atoms in total. The van der Waals surface area contributed by atoms with Crippen LogP contribution in [0.4, 0.5) is 0 Å². The molecule has 1 aromatic rings. The van der Waals surface area contributed by atoms with Gasteiger partial charge in [-0.2, -0.15) is 0 Å². The molecule has 0 saturated carbocycles. The van der Waals surface area contributed by atoms with Gasteiger partial charge >= 0.3 is 0 Å². The fourth-order valence-electron chi connectivity index (χ4n) is 1.83. The third-order valence-electron chi connectivity index (χ3n) is 2.77. The Hall–Kier alpha value is -0.870. The molecule has 4 heteroatoms. The van der Waals surface area contributed by atoms with Gasteiger partial charge in [-0.3, -0.25) is 0 Å². The summed E-state index contributed by atoms with van der Waals surface area (Å²) in [6.07, 6.45) is 6.38. The first kappa shape index (κ1) is 9.68. The van der Waals surface area contributed by atoms with Crippen LogP contribution < -0.4 is 10.6 Å². The first-order valence-corrected chi connectivity index (χ1v) is 5.26. The summed E-state index contributed by atoms with van der Waals surface area (Å²) in [5.41, 5.74) is 0. The van der Waals surface area contributed by atoms with Crippen LogP contribution in [0.15, 0.2) is 12.4 Å². The standard InChI is InChI=1S/C10H18N4/c1-14-6-5-12-10(14)8-13-9-3-2-4-11-7-9/h5-6,9,11,13H,2-4,7-8H2,1H3. The van der Waals surface area contributed by atoms with Gasteiger partial charge in [0.25, 0.3) is 0 Å². The Bertz CT molecular complexity index is 275. The smallest absolute Gasteiger partial charge is 0.122 e. The van der Waals surface area contributed by atoms with Crippen LogP contribution in [0.3, 0.4) is 0 Å². The van der Waals surface area contributed by atoms with Gasteiger partial charge in [-0.1, -0.05) is 0 Å². The van der Waals surface area contributed by atoms with Crippen LogP contribution in [0, 0.1) is 0 Å². The Balaban J connectivity index is 1.79. The van der Waals surface area contributed by atoms with Crippen molar-refractivity contribution in [3.05, 3.63) is 18.2 Å². The molecular weight excluding hydrogens is 176 g/mol. The normalized spacial score (nSPS) is 22.5. The number of nitrogens with one attached hydrogen (secondary N) is 2. The van der Waals surface area contributed by atoms with Gasteiger partial charge in [-0.05, 0) is 19.4 Å². The van der Waals surface area contributed by atoms with Crippen LogP contribution in [-0.4, -0.2) is 28.7 Å². The lowest BCUT2D eigenvalue weighted by Gasteiger charge is -2.23. The minimum atomic E-state index is 0.612. The number of hydrogen-bond donors (Lipinski definition) is 2. The number of aromatic nitrogens is 2. The highest BCUT2D eigenvalue weighted by Crippen LogP contribution is 2.02. The van der Waals surface area contributed by atoms with Crippen molar-refractivity contribution >= 4 is 0 Å². The van der Waals surface area contributed by atoms with Crippen molar-refractivity contribution in [2.24, 2.45) is 7.05 Å². The molecule has 1 aromatic heterocycles. The maximum absolute atomic E-state index is 4.28. The predicted molar refractivity (Wildman–Crippen MR) is 55.9 cm³/mol. The Labute approximate surface area is 84.7 Å². The molecule has 1 aliphatic rings. The zero-order chi connectivity index (χ0) is 9.80. The van der Waals surface area contributed by atoms with Gasteiger partial charge in [0.05, 0.1) is 6.54 Å². The second kappa shape index (κ2) is 4.57. The molecule has 14 heavy (non-hydrogen) atoms. The molecule has 0 radical (unpaired) electrons. The molecule has 2 N–H and O–H groups in total. The van der Waals surface area contributed by atoms with Gasteiger partial charge in [0.15, 0.2) is 0 Å². The van der Waals surface area contributed by atoms with Crippen molar-refractivity contribution < 1.29 is 0 Å². The SMILES string of the molecule is Cn1ccnc1CNC1CCCNC1. The molecule has 0 amide bonds. The third kappa shape index (κ3) is 2.33. The topological polar surface area (TPSA) is 41.9 Å². The summed E-state index contributed by atoms with van der Waals surface area (Å²) in [5, 5.41) is 6.91. The third-order valence-corrected chi connectivity index (χ3v) is 2.77. The second-order valence-electron chi connectivity index (χ2n) is 3.88. The van der Waals surface area contributed by atoms with Gasteiger partial charge < -0.3 is 15.2 Å². The number of aryl methyl sites for hydroxylation is 1. The number of imidazole rings is 1. The highest BCUT2D eigenvalue weighted by atomic mass is 15.1. The lowest BCUT2D eigenvalue weighted by molar-refractivity contribution is 0.384. The lowest BCUT2D eigenvalue weighted by Crippen LogP contribution is -2.42. The van der Waals surface area contributed by atoms with Gasteiger partial charge in [0.2, 0.25) is 0 Å². The van der Waals surface area contributed by atoms with Crippen molar-refractivity contribution in [1.29, 1.82) is 0 Å². The molecule has 0 aliphatic carbocycles. The van der Waals surface area contributed by atoms with E-state index >= 15 is 0 Å². The fraction of sp³-hybridized carbons (Fsp3) is 0.700. The highest BCUT2D eigenvalue weighted by molar-refractivity contribution is 4.91. The van der Waals surface area contributed by atoms with E-state index in [1.165, 1.54) is 19.4 Å². The molecule has 1 fully saturated rings. The Morgan fingerprint density at radius 2 is 2.64 bits per heavy atom. The van der Waals surface area contributed by atoms with Crippen molar-refractivity contribution in [3.8, 4) is 0 Å². The van der Waals surface area contributed by atoms with E-state index in [0.29, 0.717) is 6.04 Å². The summed E-state index contributed by atoms with van der Waals surface area (Å²) in [7, 11) is 2.03. The molecule has 2 rings (SSSR count). The minimum absolute atomic E-state index is 0.612. The molecule has 1 aliphatic heterocycles. The van der Waals surface area contributed by atoms with E-state index in [1.807, 2.05) is 19.4 Å². The van der Waals surface area contributed by atoms with Crippen LogP contribution in [0.25, 0.3) is 0 Å². The van der Waals surface area contributed by atoms with Crippen LogP contribution >= 0.6 is 0 Å². The van der Waals surface area contributed by atoms with E-state index in [4.69, 9.17) is 0 Å². The molecular formula is C10H18N4. The average Bonchev–Trinajstić information content (AvgIpc) is 2.63. The predicted octanol–water partition coefficient (Wildman–Crippen LogP) is 0.262. The summed E-state index contributed by atoms with van der Waals surface area (Å²) in [5.74, 6) is 1.11. The molecule has 78 valence electrons. The van der Waals surface area contributed by atoms with Crippen LogP contribution in [0.2, 0.25) is 0 Å². The first-order valence-electron chi connectivity index (χ1n) is 5.26. The summed E-state index contributed by atoms with van der Waals surface area (Å²) in [6, 6.07) is 0.612. The fourth-order valence-corrected chi connectivity index (χ4v) is 1.83. The quantitative estimate of drug-likeness (QED) is 0.725. The minimum Gasteiger partial charge on any atom is -0.337 e. The van der Waals surface area contributed by atoms with Crippen molar-refractivity contribution in [1.82, 2.24) is 20.2 Å². The van der Waals surface area contributed by atoms with Gasteiger partial charge in [-0.25, -0.2) is 4.98 Å². The van der Waals surface area contributed by atoms with Gasteiger partial charge in [0, 0.05) is 32.0 Å². The first-order chi connectivity index (χ1) is 6.86. The Kier molecular flexibility index (Phi) is 3.16. The van der Waals surface area contributed by atoms with Gasteiger partial charge in [0.1, 0.15) is 5.82 Å². The van der Waals surface area contributed by atoms with Gasteiger partial charge in [-0.15, -0.1) is 0 Å². The van der Waals surface area contributed by atoms with E-state index in [2.05, 4.69) is 20.2 Å². The van der Waals surface area contributed by atoms with Crippen LogP contribution in [0.1, 0.15) is 18.7 Å². The second-order valence-corrected chi connectivity index (χ2v) is 3.88. The molecule has 0 aromatic carbocycles. The van der Waals surface area contributed by atoms with E-state index in [0.717, 1.165) is 18.9 Å². The summed E-state index contributed by atoms with van der Waals surface area (Å²) < 4.78 is 2.06. The number of nitrogens with zero attached hydrogens (tertiary/aromatic N) is 2. The molecule has 2 heterocycles. The summed E-state index contributed by atoms with van der Waals surface area (Å²) in [6.45, 7) is 3.13. The van der Waals surface area contributed by atoms with Crippen molar-refractivity contribution in [2.75, 3.05) is 13.1 Å². The zero-order valence-corrected chi connectivity index (χ0v) is 8.66. The maximum atomic E-state index is 4.28. The monoisotopic (exact) mass is 194 g/mol. The van der Waals surface area contributed by atoms with E-state index < -0.39 is 0 Å². The average molecular weight is 194 g/mol. The van der Waals surface area contributed by atoms with E-state index in [-0.39, 0.29) is 0 Å². The van der Waals surface area contributed by atoms with Crippen molar-refractivity contribution in [2.45, 2.75) is 25.4 Å². The largest absolute Gasteiger partial charge is 0.337 e. The van der Waals surface area contributed by atoms with Crippen LogP contribution in [0.5, 0.6) is 0 Å². The van der Waals surface area contributed by atoms with E-state index in [9.17, 15) is 0 Å². The Morgan fingerprint density at radius 1 is 1.71 bits per heavy atom. The Morgan fingerprint density at radius 3 is 3.29 bits per heavy atom. The summed E-state index contributed by atoms with van der Waals surface area (Å²) >= 11 is 0. The number of piperidine rings is 1. The van der Waals surface area contributed by atoms with Crippen molar-refractivity contribution in [3.63, 3.8) is 0 Å². The maximum Gasteiger partial charge on any atom is 0.122 e. The molecule has 1 saturated heterocycles. The zero-order valence-electron chi connectivity index (χ0n) is 8.66.